The van der Waals surface area contributed by atoms with Gasteiger partial charge in [-0.05, 0) is 12.5 Å². The molecule has 6 nitrogen and oxygen atoms in total. The Hall–Kier alpha value is -2.11. The van der Waals surface area contributed by atoms with Gasteiger partial charge in [-0.1, -0.05) is 13.3 Å². The molecule has 1 atom stereocenters. The average Bonchev–Trinajstić information content (AvgIpc) is 2.28. The van der Waals surface area contributed by atoms with Crippen LogP contribution in [0.15, 0.2) is 23.1 Å². The van der Waals surface area contributed by atoms with Crippen molar-refractivity contribution in [1.29, 1.82) is 0 Å². The van der Waals surface area contributed by atoms with E-state index in [1.165, 1.54) is 12.3 Å². The predicted molar refractivity (Wildman–Crippen MR) is 60.9 cm³/mol. The number of hydrogen-bond donors (Lipinski definition) is 3. The van der Waals surface area contributed by atoms with Gasteiger partial charge in [-0.25, -0.2) is 4.79 Å². The lowest BCUT2D eigenvalue weighted by Gasteiger charge is -2.13. The van der Waals surface area contributed by atoms with Crippen LogP contribution < -0.4 is 10.9 Å². The summed E-state index contributed by atoms with van der Waals surface area (Å²) in [6, 6.07) is 1.62. The molecule has 0 aliphatic heterocycles. The first-order chi connectivity index (χ1) is 8.04. The summed E-state index contributed by atoms with van der Waals surface area (Å²) in [7, 11) is 0. The molecular formula is C11H14N2O4. The van der Waals surface area contributed by atoms with E-state index in [0.717, 1.165) is 6.07 Å². The zero-order chi connectivity index (χ0) is 12.8. The summed E-state index contributed by atoms with van der Waals surface area (Å²) >= 11 is 0. The van der Waals surface area contributed by atoms with E-state index in [1.807, 2.05) is 6.92 Å². The van der Waals surface area contributed by atoms with Gasteiger partial charge in [-0.15, -0.1) is 0 Å². The minimum atomic E-state index is -1.08. The van der Waals surface area contributed by atoms with Crippen LogP contribution >= 0.6 is 0 Å². The third-order valence-electron chi connectivity index (χ3n) is 2.22. The SMILES string of the molecule is CCC[C@H](NC(=O)c1cc[nH]c(=O)c1)C(=O)O. The second-order valence-electron chi connectivity index (χ2n) is 3.59. The molecule has 0 saturated carbocycles. The summed E-state index contributed by atoms with van der Waals surface area (Å²) in [4.78, 5) is 35.9. The number of pyridine rings is 1. The first-order valence-electron chi connectivity index (χ1n) is 5.27. The Morgan fingerprint density at radius 3 is 2.76 bits per heavy atom. The Morgan fingerprint density at radius 1 is 1.53 bits per heavy atom. The van der Waals surface area contributed by atoms with Crippen molar-refractivity contribution >= 4 is 11.9 Å². The van der Waals surface area contributed by atoms with Crippen LogP contribution in [0.3, 0.4) is 0 Å². The molecule has 6 heteroatoms. The van der Waals surface area contributed by atoms with Crippen LogP contribution in [-0.2, 0) is 4.79 Å². The summed E-state index contributed by atoms with van der Waals surface area (Å²) in [6.07, 6.45) is 2.34. The van der Waals surface area contributed by atoms with Crippen LogP contribution in [0, 0.1) is 0 Å². The smallest absolute Gasteiger partial charge is 0.326 e. The number of amides is 1. The Kier molecular flexibility index (Phi) is 4.45. The second kappa shape index (κ2) is 5.83. The second-order valence-corrected chi connectivity index (χ2v) is 3.59. The lowest BCUT2D eigenvalue weighted by Crippen LogP contribution is -2.40. The van der Waals surface area contributed by atoms with E-state index in [1.54, 1.807) is 0 Å². The van der Waals surface area contributed by atoms with Crippen molar-refractivity contribution in [3.63, 3.8) is 0 Å². The summed E-state index contributed by atoms with van der Waals surface area (Å²) in [6.45, 7) is 1.83. The minimum absolute atomic E-state index is 0.149. The molecule has 1 rings (SSSR count). The number of carbonyl (C=O) groups is 2. The van der Waals surface area contributed by atoms with E-state index in [-0.39, 0.29) is 5.56 Å². The van der Waals surface area contributed by atoms with Gasteiger partial charge in [0.2, 0.25) is 5.56 Å². The number of rotatable bonds is 5. The Bertz CT molecular complexity index is 467. The molecule has 0 bridgehead atoms. The quantitative estimate of drug-likeness (QED) is 0.689. The van der Waals surface area contributed by atoms with E-state index < -0.39 is 23.5 Å². The summed E-state index contributed by atoms with van der Waals surface area (Å²) < 4.78 is 0. The van der Waals surface area contributed by atoms with Crippen LogP contribution in [0.4, 0.5) is 0 Å². The highest BCUT2D eigenvalue weighted by Gasteiger charge is 2.19. The number of aromatic amines is 1. The fraction of sp³-hybridized carbons (Fsp3) is 0.364. The lowest BCUT2D eigenvalue weighted by molar-refractivity contribution is -0.139. The maximum absolute atomic E-state index is 11.7. The highest BCUT2D eigenvalue weighted by molar-refractivity contribution is 5.96. The first-order valence-corrected chi connectivity index (χ1v) is 5.27. The molecule has 0 saturated heterocycles. The van der Waals surface area contributed by atoms with Gasteiger partial charge in [0.05, 0.1) is 0 Å². The van der Waals surface area contributed by atoms with Gasteiger partial charge in [0.1, 0.15) is 6.04 Å². The van der Waals surface area contributed by atoms with E-state index in [2.05, 4.69) is 10.3 Å². The number of nitrogens with one attached hydrogen (secondary N) is 2. The van der Waals surface area contributed by atoms with Gasteiger partial charge in [0.25, 0.3) is 5.91 Å². The van der Waals surface area contributed by atoms with Crippen LogP contribution in [0.25, 0.3) is 0 Å². The van der Waals surface area contributed by atoms with Gasteiger partial charge >= 0.3 is 5.97 Å². The third-order valence-corrected chi connectivity index (χ3v) is 2.22. The molecule has 3 N–H and O–H groups in total. The zero-order valence-electron chi connectivity index (χ0n) is 9.40. The largest absolute Gasteiger partial charge is 0.480 e. The molecule has 0 spiro atoms. The first kappa shape index (κ1) is 13.0. The molecular weight excluding hydrogens is 224 g/mol. The summed E-state index contributed by atoms with van der Waals surface area (Å²) in [5.74, 6) is -1.64. The molecule has 17 heavy (non-hydrogen) atoms. The molecule has 1 aromatic heterocycles. The number of hydrogen-bond acceptors (Lipinski definition) is 3. The molecule has 0 aliphatic carbocycles. The molecule has 1 amide bonds. The Balaban J connectivity index is 2.77. The van der Waals surface area contributed by atoms with Crippen LogP contribution in [-0.4, -0.2) is 28.0 Å². The number of carbonyl (C=O) groups excluding carboxylic acids is 1. The molecule has 0 fully saturated rings. The normalized spacial score (nSPS) is 11.8. The number of carboxylic acids is 1. The molecule has 0 unspecified atom stereocenters. The van der Waals surface area contributed by atoms with E-state index in [9.17, 15) is 14.4 Å². The highest BCUT2D eigenvalue weighted by Crippen LogP contribution is 2.00. The van der Waals surface area contributed by atoms with Gasteiger partial charge in [-0.3, -0.25) is 9.59 Å². The lowest BCUT2D eigenvalue weighted by atomic mass is 10.1. The molecule has 1 heterocycles. The van der Waals surface area contributed by atoms with E-state index in [0.29, 0.717) is 12.8 Å². The Morgan fingerprint density at radius 2 is 2.24 bits per heavy atom. The number of aromatic nitrogens is 1. The van der Waals surface area contributed by atoms with Crippen molar-refractivity contribution in [1.82, 2.24) is 10.3 Å². The average molecular weight is 238 g/mol. The summed E-state index contributed by atoms with van der Waals surface area (Å²) in [5.41, 5.74) is -0.254. The minimum Gasteiger partial charge on any atom is -0.480 e. The fourth-order valence-electron chi connectivity index (χ4n) is 1.37. The zero-order valence-corrected chi connectivity index (χ0v) is 9.40. The number of aliphatic carboxylic acids is 1. The molecule has 0 radical (unpaired) electrons. The molecule has 0 aliphatic rings. The van der Waals surface area contributed by atoms with E-state index >= 15 is 0 Å². The molecule has 1 aromatic rings. The highest BCUT2D eigenvalue weighted by atomic mass is 16.4. The van der Waals surface area contributed by atoms with Crippen molar-refractivity contribution in [3.05, 3.63) is 34.2 Å². The van der Waals surface area contributed by atoms with Crippen LogP contribution in [0.1, 0.15) is 30.1 Å². The topological polar surface area (TPSA) is 99.3 Å². The van der Waals surface area contributed by atoms with Gasteiger partial charge in [0.15, 0.2) is 0 Å². The standard InChI is InChI=1S/C11H14N2O4/c1-2-3-8(11(16)17)13-10(15)7-4-5-12-9(14)6-7/h4-6,8H,2-3H2,1H3,(H,12,14)(H,13,15)(H,16,17)/t8-/m0/s1. The number of carboxylic acid groups (broad SMARTS) is 1. The molecule has 92 valence electrons. The van der Waals surface area contributed by atoms with Gasteiger partial charge < -0.3 is 15.4 Å². The van der Waals surface area contributed by atoms with Crippen molar-refractivity contribution in [2.24, 2.45) is 0 Å². The maximum atomic E-state index is 11.7. The molecule has 0 aromatic carbocycles. The van der Waals surface area contributed by atoms with Crippen molar-refractivity contribution in [3.8, 4) is 0 Å². The summed E-state index contributed by atoms with van der Waals surface area (Å²) in [5, 5.41) is 11.2. The van der Waals surface area contributed by atoms with Crippen molar-refractivity contribution < 1.29 is 14.7 Å². The predicted octanol–water partition coefficient (Wildman–Crippen LogP) is 0.358. The van der Waals surface area contributed by atoms with Gasteiger partial charge in [0, 0.05) is 17.8 Å². The van der Waals surface area contributed by atoms with Crippen LogP contribution in [0.2, 0.25) is 0 Å². The monoisotopic (exact) mass is 238 g/mol. The number of H-pyrrole nitrogens is 1. The fourth-order valence-corrected chi connectivity index (χ4v) is 1.37. The third kappa shape index (κ3) is 3.75. The van der Waals surface area contributed by atoms with Gasteiger partial charge in [-0.2, -0.15) is 0 Å². The maximum Gasteiger partial charge on any atom is 0.326 e. The van der Waals surface area contributed by atoms with Crippen molar-refractivity contribution in [2.45, 2.75) is 25.8 Å². The van der Waals surface area contributed by atoms with E-state index in [4.69, 9.17) is 5.11 Å². The van der Waals surface area contributed by atoms with Crippen molar-refractivity contribution in [2.75, 3.05) is 0 Å². The van der Waals surface area contributed by atoms with Crippen LogP contribution in [0.5, 0.6) is 0 Å². The Labute approximate surface area is 97.7 Å².